The van der Waals surface area contributed by atoms with Gasteiger partial charge >= 0.3 is 0 Å². The zero-order valence-electron chi connectivity index (χ0n) is 10.6. The Bertz CT molecular complexity index is 716. The summed E-state index contributed by atoms with van der Waals surface area (Å²) in [5.41, 5.74) is 1.13. The number of phenols is 1. The van der Waals surface area contributed by atoms with E-state index in [9.17, 15) is 5.11 Å². The Kier molecular flexibility index (Phi) is 3.13. The molecular weight excluding hydrogens is 256 g/mol. The van der Waals surface area contributed by atoms with Crippen molar-refractivity contribution in [2.24, 2.45) is 0 Å². The number of hydrogen-bond acceptors (Lipinski definition) is 3. The van der Waals surface area contributed by atoms with Gasteiger partial charge in [0.05, 0.1) is 4.70 Å². The molecule has 96 valence electrons. The van der Waals surface area contributed by atoms with Crippen LogP contribution in [0.4, 0.5) is 0 Å². The van der Waals surface area contributed by atoms with Crippen LogP contribution in [-0.2, 0) is 6.61 Å². The number of aryl methyl sites for hydroxylation is 1. The van der Waals surface area contributed by atoms with Crippen molar-refractivity contribution in [3.8, 4) is 11.5 Å². The van der Waals surface area contributed by atoms with E-state index in [0.29, 0.717) is 12.4 Å². The van der Waals surface area contributed by atoms with Gasteiger partial charge in [-0.2, -0.15) is 0 Å². The van der Waals surface area contributed by atoms with Crippen molar-refractivity contribution in [2.75, 3.05) is 0 Å². The van der Waals surface area contributed by atoms with Crippen LogP contribution in [0, 0.1) is 6.92 Å². The molecule has 0 atom stereocenters. The van der Waals surface area contributed by atoms with Crippen molar-refractivity contribution in [1.29, 1.82) is 0 Å². The maximum atomic E-state index is 9.78. The number of benzene rings is 2. The van der Waals surface area contributed by atoms with E-state index in [4.69, 9.17) is 4.74 Å². The molecule has 0 fully saturated rings. The Morgan fingerprint density at radius 1 is 1.11 bits per heavy atom. The topological polar surface area (TPSA) is 29.5 Å². The van der Waals surface area contributed by atoms with Gasteiger partial charge in [-0.3, -0.25) is 0 Å². The minimum absolute atomic E-state index is 0.338. The van der Waals surface area contributed by atoms with Crippen LogP contribution in [0.25, 0.3) is 10.1 Å². The van der Waals surface area contributed by atoms with Crippen LogP contribution in [0.1, 0.15) is 10.4 Å². The Balaban J connectivity index is 1.83. The van der Waals surface area contributed by atoms with E-state index in [-0.39, 0.29) is 0 Å². The highest BCUT2D eigenvalue weighted by Crippen LogP contribution is 2.33. The molecule has 3 heteroatoms. The molecule has 0 aliphatic rings. The van der Waals surface area contributed by atoms with Crippen molar-refractivity contribution >= 4 is 21.4 Å². The average Bonchev–Trinajstić information content (AvgIpc) is 2.82. The van der Waals surface area contributed by atoms with Crippen LogP contribution in [0.15, 0.2) is 48.5 Å². The van der Waals surface area contributed by atoms with Crippen molar-refractivity contribution in [2.45, 2.75) is 13.5 Å². The molecular formula is C16H14O2S. The molecule has 3 aromatic rings. The molecule has 1 N–H and O–H groups in total. The zero-order valence-corrected chi connectivity index (χ0v) is 11.4. The number of ether oxygens (including phenoxy) is 1. The Hall–Kier alpha value is -2.00. The maximum absolute atomic E-state index is 9.78. The molecule has 3 rings (SSSR count). The van der Waals surface area contributed by atoms with E-state index in [0.717, 1.165) is 26.3 Å². The summed E-state index contributed by atoms with van der Waals surface area (Å²) in [6.45, 7) is 2.57. The van der Waals surface area contributed by atoms with E-state index in [1.54, 1.807) is 17.4 Å². The number of thiophene rings is 1. The van der Waals surface area contributed by atoms with Crippen LogP contribution in [0.3, 0.4) is 0 Å². The van der Waals surface area contributed by atoms with Crippen LogP contribution in [-0.4, -0.2) is 5.11 Å². The first-order valence-corrected chi connectivity index (χ1v) is 6.94. The average molecular weight is 270 g/mol. The van der Waals surface area contributed by atoms with Crippen molar-refractivity contribution in [3.63, 3.8) is 0 Å². The number of hydrogen-bond donors (Lipinski definition) is 1. The van der Waals surface area contributed by atoms with Gasteiger partial charge in [0.25, 0.3) is 0 Å². The monoisotopic (exact) mass is 270 g/mol. The predicted molar refractivity (Wildman–Crippen MR) is 79.0 cm³/mol. The largest absolute Gasteiger partial charge is 0.506 e. The van der Waals surface area contributed by atoms with Crippen molar-refractivity contribution in [3.05, 3.63) is 59.0 Å². The maximum Gasteiger partial charge on any atom is 0.133 e. The number of para-hydroxylation sites is 1. The van der Waals surface area contributed by atoms with Crippen LogP contribution in [0.5, 0.6) is 11.5 Å². The lowest BCUT2D eigenvalue weighted by atomic mass is 10.2. The summed E-state index contributed by atoms with van der Waals surface area (Å²) in [6.07, 6.45) is 0. The summed E-state index contributed by atoms with van der Waals surface area (Å²) in [4.78, 5) is 1.11. The van der Waals surface area contributed by atoms with Gasteiger partial charge in [-0.05, 0) is 36.1 Å². The molecule has 0 radical (unpaired) electrons. The molecule has 0 spiro atoms. The van der Waals surface area contributed by atoms with Gasteiger partial charge in [0.15, 0.2) is 0 Å². The highest BCUT2D eigenvalue weighted by Gasteiger charge is 2.06. The van der Waals surface area contributed by atoms with Gasteiger partial charge in [0.1, 0.15) is 18.1 Å². The lowest BCUT2D eigenvalue weighted by Crippen LogP contribution is -1.94. The molecule has 2 nitrogen and oxygen atoms in total. The second-order valence-corrected chi connectivity index (χ2v) is 5.60. The standard InChI is InChI=1S/C16H14O2S/c1-11-5-2-3-8-15(11)18-10-13-9-12-6-4-7-14(17)16(12)19-13/h2-9,17H,10H2,1H3. The first kappa shape index (κ1) is 12.1. The van der Waals surface area contributed by atoms with E-state index < -0.39 is 0 Å². The van der Waals surface area contributed by atoms with Crippen LogP contribution in [0.2, 0.25) is 0 Å². The summed E-state index contributed by atoms with van der Waals surface area (Å²) in [5.74, 6) is 1.24. The van der Waals surface area contributed by atoms with Gasteiger partial charge in [-0.15, -0.1) is 11.3 Å². The molecule has 2 aromatic carbocycles. The van der Waals surface area contributed by atoms with Crippen LogP contribution < -0.4 is 4.74 Å². The quantitative estimate of drug-likeness (QED) is 0.759. The second-order valence-electron chi connectivity index (χ2n) is 4.46. The normalized spacial score (nSPS) is 10.8. The smallest absolute Gasteiger partial charge is 0.133 e. The second kappa shape index (κ2) is 4.94. The number of fused-ring (bicyclic) bond motifs is 1. The summed E-state index contributed by atoms with van der Waals surface area (Å²) < 4.78 is 6.74. The molecule has 0 bridgehead atoms. The molecule has 1 aromatic heterocycles. The molecule has 0 saturated carbocycles. The van der Waals surface area contributed by atoms with Gasteiger partial charge in [-0.25, -0.2) is 0 Å². The zero-order chi connectivity index (χ0) is 13.2. The summed E-state index contributed by atoms with van der Waals surface area (Å²) in [5, 5.41) is 10.8. The Morgan fingerprint density at radius 2 is 1.95 bits per heavy atom. The lowest BCUT2D eigenvalue weighted by Gasteiger charge is -2.06. The van der Waals surface area contributed by atoms with E-state index >= 15 is 0 Å². The summed E-state index contributed by atoms with van der Waals surface area (Å²) in [6, 6.07) is 15.6. The van der Waals surface area contributed by atoms with Gasteiger partial charge in [-0.1, -0.05) is 30.3 Å². The predicted octanol–water partition coefficient (Wildman–Crippen LogP) is 4.49. The molecule has 19 heavy (non-hydrogen) atoms. The van der Waals surface area contributed by atoms with E-state index in [1.165, 1.54) is 0 Å². The SMILES string of the molecule is Cc1ccccc1OCc1cc2cccc(O)c2s1. The first-order chi connectivity index (χ1) is 9.24. The number of phenolic OH excluding ortho intramolecular Hbond substituents is 1. The molecule has 0 aliphatic heterocycles. The molecule has 0 aliphatic carbocycles. The van der Waals surface area contributed by atoms with Gasteiger partial charge < -0.3 is 9.84 Å². The van der Waals surface area contributed by atoms with Crippen LogP contribution >= 0.6 is 11.3 Å². The highest BCUT2D eigenvalue weighted by molar-refractivity contribution is 7.19. The molecule has 1 heterocycles. The Morgan fingerprint density at radius 3 is 2.74 bits per heavy atom. The fraction of sp³-hybridized carbons (Fsp3) is 0.125. The van der Waals surface area contributed by atoms with Crippen molar-refractivity contribution < 1.29 is 9.84 Å². The third-order valence-corrected chi connectivity index (χ3v) is 4.18. The molecule has 0 amide bonds. The van der Waals surface area contributed by atoms with E-state index in [2.05, 4.69) is 6.07 Å². The molecule has 0 unspecified atom stereocenters. The first-order valence-electron chi connectivity index (χ1n) is 6.13. The Labute approximate surface area is 115 Å². The lowest BCUT2D eigenvalue weighted by molar-refractivity contribution is 0.308. The third kappa shape index (κ3) is 2.42. The fourth-order valence-corrected chi connectivity index (χ4v) is 3.02. The van der Waals surface area contributed by atoms with Gasteiger partial charge in [0.2, 0.25) is 0 Å². The fourth-order valence-electron chi connectivity index (χ4n) is 2.04. The van der Waals surface area contributed by atoms with Gasteiger partial charge in [0, 0.05) is 4.88 Å². The number of rotatable bonds is 3. The minimum atomic E-state index is 0.338. The van der Waals surface area contributed by atoms with E-state index in [1.807, 2.05) is 43.3 Å². The summed E-state index contributed by atoms with van der Waals surface area (Å²) >= 11 is 1.57. The highest BCUT2D eigenvalue weighted by atomic mass is 32.1. The minimum Gasteiger partial charge on any atom is -0.506 e. The molecule has 0 saturated heterocycles. The summed E-state index contributed by atoms with van der Waals surface area (Å²) in [7, 11) is 0. The van der Waals surface area contributed by atoms with Crippen molar-refractivity contribution in [1.82, 2.24) is 0 Å². The number of aromatic hydroxyl groups is 1. The third-order valence-electron chi connectivity index (χ3n) is 3.04.